The van der Waals surface area contributed by atoms with E-state index < -0.39 is 42.1 Å². The molecule has 1 atom stereocenters. The molecule has 14 heteroatoms. The molecule has 13 nitrogen and oxygen atoms in total. The first-order valence-corrected chi connectivity index (χ1v) is 13.9. The van der Waals surface area contributed by atoms with Crippen LogP contribution in [0.5, 0.6) is 0 Å². The molecule has 0 aliphatic rings. The Morgan fingerprint density at radius 1 is 1.00 bits per heavy atom. The first-order valence-electron chi connectivity index (χ1n) is 13.5. The summed E-state index contributed by atoms with van der Waals surface area (Å²) in [6.45, 7) is 3.97. The van der Waals surface area contributed by atoms with Gasteiger partial charge in [0.25, 0.3) is 5.56 Å². The molecule has 0 fully saturated rings. The number of aliphatic carboxylic acids is 1. The number of nitrogens with two attached hydrogens (primary N) is 1. The Hall–Kier alpha value is -4.88. The largest absolute Gasteiger partial charge is 0.481 e. The molecule has 0 radical (unpaired) electrons. The van der Waals surface area contributed by atoms with E-state index in [1.54, 1.807) is 62.4 Å². The number of carbonyl (C=O) groups excluding carboxylic acids is 3. The smallest absolute Gasteiger partial charge is 0.330 e. The molecule has 228 valence electrons. The Morgan fingerprint density at radius 2 is 1.70 bits per heavy atom. The number of imide groups is 1. The molecule has 3 rings (SSSR count). The Bertz CT molecular complexity index is 1530. The number of pyridine rings is 1. The summed E-state index contributed by atoms with van der Waals surface area (Å²) in [4.78, 5) is 64.7. The van der Waals surface area contributed by atoms with Crippen LogP contribution < -0.4 is 32.6 Å². The topological polar surface area (TPSA) is 188 Å². The highest BCUT2D eigenvalue weighted by atomic mass is 35.5. The Morgan fingerprint density at radius 3 is 2.30 bits per heavy atom. The average Bonchev–Trinajstić information content (AvgIpc) is 2.97. The number of anilines is 2. The number of aromatic nitrogens is 1. The predicted molar refractivity (Wildman–Crippen MR) is 163 cm³/mol. The van der Waals surface area contributed by atoms with Crippen molar-refractivity contribution in [3.05, 3.63) is 92.9 Å². The summed E-state index contributed by atoms with van der Waals surface area (Å²) in [5.41, 5.74) is 6.54. The summed E-state index contributed by atoms with van der Waals surface area (Å²) >= 11 is 6.28. The first-order chi connectivity index (χ1) is 20.6. The van der Waals surface area contributed by atoms with E-state index in [4.69, 9.17) is 17.3 Å². The summed E-state index contributed by atoms with van der Waals surface area (Å²) in [5, 5.41) is 20.0. The Labute approximate surface area is 253 Å². The van der Waals surface area contributed by atoms with Gasteiger partial charge in [0.15, 0.2) is 0 Å². The number of carboxylic acids is 1. The molecule has 1 aromatic heterocycles. The van der Waals surface area contributed by atoms with Gasteiger partial charge in [0, 0.05) is 30.9 Å². The van der Waals surface area contributed by atoms with Crippen LogP contribution in [0.25, 0.3) is 0 Å². The number of hydrogen-bond donors (Lipinski definition) is 6. The summed E-state index contributed by atoms with van der Waals surface area (Å²) in [5.74, 6) is -1.16. The van der Waals surface area contributed by atoms with Gasteiger partial charge in [-0.1, -0.05) is 54.1 Å². The van der Waals surface area contributed by atoms with E-state index in [9.17, 15) is 29.1 Å². The van der Waals surface area contributed by atoms with E-state index in [0.29, 0.717) is 22.7 Å². The van der Waals surface area contributed by atoms with Crippen molar-refractivity contribution in [3.63, 3.8) is 0 Å². The van der Waals surface area contributed by atoms with Crippen LogP contribution in [0.15, 0.2) is 65.6 Å². The Kier molecular flexibility index (Phi) is 11.7. The molecular weight excluding hydrogens is 578 g/mol. The number of benzene rings is 2. The summed E-state index contributed by atoms with van der Waals surface area (Å²) in [6, 6.07) is 11.7. The van der Waals surface area contributed by atoms with Crippen LogP contribution in [0.3, 0.4) is 0 Å². The maximum atomic E-state index is 13.6. The number of nitrogens with one attached hydrogen (secondary N) is 4. The number of halogens is 1. The lowest BCUT2D eigenvalue weighted by molar-refractivity contribution is -0.137. The minimum atomic E-state index is -1.16. The van der Waals surface area contributed by atoms with Gasteiger partial charge in [0.2, 0.25) is 0 Å². The average molecular weight is 612 g/mol. The molecule has 1 heterocycles. The molecule has 0 aliphatic carbocycles. The van der Waals surface area contributed by atoms with Crippen LogP contribution in [0.2, 0.25) is 5.02 Å². The zero-order valence-corrected chi connectivity index (χ0v) is 24.5. The van der Waals surface area contributed by atoms with Crippen LogP contribution in [-0.4, -0.2) is 51.7 Å². The normalized spacial score (nSPS) is 11.3. The second-order valence-corrected chi connectivity index (χ2v) is 9.74. The third-order valence-corrected chi connectivity index (χ3v) is 6.75. The monoisotopic (exact) mass is 611 g/mol. The molecule has 2 aromatic carbocycles. The highest BCUT2D eigenvalue weighted by Crippen LogP contribution is 2.22. The number of rotatable bonds is 11. The van der Waals surface area contributed by atoms with Gasteiger partial charge in [0.1, 0.15) is 5.69 Å². The summed E-state index contributed by atoms with van der Waals surface area (Å²) in [7, 11) is 0. The van der Waals surface area contributed by atoms with E-state index in [-0.39, 0.29) is 31.0 Å². The van der Waals surface area contributed by atoms with Crippen LogP contribution in [0, 0.1) is 0 Å². The van der Waals surface area contributed by atoms with Crippen molar-refractivity contribution in [2.45, 2.75) is 39.4 Å². The van der Waals surface area contributed by atoms with Crippen molar-refractivity contribution in [2.24, 2.45) is 5.73 Å². The van der Waals surface area contributed by atoms with Gasteiger partial charge in [0.05, 0.1) is 24.7 Å². The molecule has 3 aromatic rings. The van der Waals surface area contributed by atoms with Crippen molar-refractivity contribution in [2.75, 3.05) is 23.7 Å². The van der Waals surface area contributed by atoms with Crippen molar-refractivity contribution in [1.29, 1.82) is 0 Å². The standard InChI is InChI=1S/C29H34ClN7O6/c1-3-32-28(42)37(4-2)29(43)34-22-13-14-36(17-20-7-5-6-8-21(20)30)26(40)25(22)35-27(41)33-23(15-24(38)39)19-11-9-18(16-31)10-12-19/h5-14,23H,3-4,15-17,31H2,1-2H3,(H,32,42)(H,34,43)(H,38,39)(H2,33,35,41). The van der Waals surface area contributed by atoms with Gasteiger partial charge >= 0.3 is 24.1 Å². The van der Waals surface area contributed by atoms with E-state index in [1.807, 2.05) is 0 Å². The fourth-order valence-corrected chi connectivity index (χ4v) is 4.36. The molecule has 0 spiro atoms. The molecule has 0 bridgehead atoms. The minimum Gasteiger partial charge on any atom is -0.481 e. The van der Waals surface area contributed by atoms with Crippen molar-refractivity contribution >= 4 is 47.0 Å². The lowest BCUT2D eigenvalue weighted by atomic mass is 10.0. The second-order valence-electron chi connectivity index (χ2n) is 9.33. The van der Waals surface area contributed by atoms with Crippen molar-refractivity contribution in [1.82, 2.24) is 20.1 Å². The third-order valence-electron chi connectivity index (χ3n) is 6.38. The lowest BCUT2D eigenvalue weighted by Gasteiger charge is -2.22. The molecule has 7 N–H and O–H groups in total. The van der Waals surface area contributed by atoms with E-state index in [2.05, 4.69) is 21.3 Å². The van der Waals surface area contributed by atoms with Gasteiger partial charge in [-0.2, -0.15) is 0 Å². The molecule has 1 unspecified atom stereocenters. The highest BCUT2D eigenvalue weighted by Gasteiger charge is 2.24. The van der Waals surface area contributed by atoms with E-state index >= 15 is 0 Å². The number of hydrogen-bond acceptors (Lipinski definition) is 6. The summed E-state index contributed by atoms with van der Waals surface area (Å²) in [6.07, 6.45) is 0.974. The van der Waals surface area contributed by atoms with Crippen molar-refractivity contribution < 1.29 is 24.3 Å². The van der Waals surface area contributed by atoms with Crippen LogP contribution in [-0.2, 0) is 17.9 Å². The zero-order chi connectivity index (χ0) is 31.5. The number of carbonyl (C=O) groups is 4. The summed E-state index contributed by atoms with van der Waals surface area (Å²) < 4.78 is 1.29. The van der Waals surface area contributed by atoms with Crippen molar-refractivity contribution in [3.8, 4) is 0 Å². The van der Waals surface area contributed by atoms with E-state index in [0.717, 1.165) is 10.5 Å². The van der Waals surface area contributed by atoms with Gasteiger partial charge in [-0.25, -0.2) is 19.3 Å². The Balaban J connectivity index is 1.96. The fraction of sp³-hybridized carbons (Fsp3) is 0.276. The number of urea groups is 3. The lowest BCUT2D eigenvalue weighted by Crippen LogP contribution is -2.46. The molecule has 6 amide bonds. The number of carboxylic acid groups (broad SMARTS) is 1. The zero-order valence-electron chi connectivity index (χ0n) is 23.7. The SMILES string of the molecule is CCNC(=O)N(CC)C(=O)Nc1ccn(Cc2ccccc2Cl)c(=O)c1NC(=O)NC(CC(=O)O)c1ccc(CN)cc1. The molecule has 0 saturated heterocycles. The maximum Gasteiger partial charge on any atom is 0.330 e. The minimum absolute atomic E-state index is 0.0320. The van der Waals surface area contributed by atoms with Gasteiger partial charge in [-0.15, -0.1) is 0 Å². The predicted octanol–water partition coefficient (Wildman–Crippen LogP) is 3.93. The molecule has 0 aliphatic heterocycles. The maximum absolute atomic E-state index is 13.6. The highest BCUT2D eigenvalue weighted by molar-refractivity contribution is 6.31. The number of amides is 6. The van der Waals surface area contributed by atoms with Gasteiger partial charge < -0.3 is 36.7 Å². The molecular formula is C29H34ClN7O6. The number of nitrogens with zero attached hydrogens (tertiary/aromatic N) is 2. The molecule has 0 saturated carbocycles. The fourth-order valence-electron chi connectivity index (χ4n) is 4.16. The van der Waals surface area contributed by atoms with Crippen LogP contribution in [0.1, 0.15) is 43.0 Å². The van der Waals surface area contributed by atoms with Crippen LogP contribution in [0.4, 0.5) is 25.8 Å². The van der Waals surface area contributed by atoms with Crippen LogP contribution >= 0.6 is 11.6 Å². The molecule has 43 heavy (non-hydrogen) atoms. The first kappa shape index (κ1) is 32.6. The third kappa shape index (κ3) is 8.80. The van der Waals surface area contributed by atoms with E-state index in [1.165, 1.54) is 16.8 Å². The van der Waals surface area contributed by atoms with Gasteiger partial charge in [-0.05, 0) is 42.7 Å². The quantitative estimate of drug-likeness (QED) is 0.189. The second kappa shape index (κ2) is 15.4. The van der Waals surface area contributed by atoms with Gasteiger partial charge in [-0.3, -0.25) is 9.59 Å².